The highest BCUT2D eigenvalue weighted by atomic mass is 32.2. The maximum Gasteiger partial charge on any atom is 0.264 e. The van der Waals surface area contributed by atoms with Gasteiger partial charge in [0.05, 0.1) is 41.9 Å². The van der Waals surface area contributed by atoms with Gasteiger partial charge in [-0.1, -0.05) is 23.9 Å². The van der Waals surface area contributed by atoms with Crippen molar-refractivity contribution in [3.05, 3.63) is 48.5 Å². The molecule has 0 bridgehead atoms. The van der Waals surface area contributed by atoms with E-state index in [1.54, 1.807) is 0 Å². The molecule has 1 aromatic carbocycles. The number of benzene rings is 1. The number of Topliss-reactive ketones (excluding diaryl/α,β-unsaturated/α-hetero) is 1. The van der Waals surface area contributed by atoms with Crippen molar-refractivity contribution in [3.8, 4) is 0 Å². The molecule has 0 aliphatic rings. The SMILES string of the molecule is CC(=O)SCC(=O)c1ccc(S(=O)(=O)N(CCO)c2cncnc2)cc1. The number of anilines is 1. The zero-order valence-corrected chi connectivity index (χ0v) is 15.5. The minimum absolute atomic E-state index is 0.000574. The summed E-state index contributed by atoms with van der Waals surface area (Å²) < 4.78 is 26.7. The van der Waals surface area contributed by atoms with Gasteiger partial charge in [-0.15, -0.1) is 0 Å². The number of ketones is 1. The normalized spacial score (nSPS) is 11.2. The van der Waals surface area contributed by atoms with Crippen LogP contribution < -0.4 is 4.31 Å². The van der Waals surface area contributed by atoms with Crippen molar-refractivity contribution in [1.82, 2.24) is 9.97 Å². The zero-order chi connectivity index (χ0) is 19.2. The number of nitrogens with zero attached hydrogens (tertiary/aromatic N) is 3. The van der Waals surface area contributed by atoms with Gasteiger partial charge in [0.15, 0.2) is 10.9 Å². The second kappa shape index (κ2) is 8.88. The van der Waals surface area contributed by atoms with E-state index in [0.717, 1.165) is 16.1 Å². The Morgan fingerprint density at radius 2 is 1.77 bits per heavy atom. The van der Waals surface area contributed by atoms with Crippen molar-refractivity contribution in [2.24, 2.45) is 0 Å². The lowest BCUT2D eigenvalue weighted by atomic mass is 10.1. The van der Waals surface area contributed by atoms with E-state index in [-0.39, 0.29) is 40.4 Å². The van der Waals surface area contributed by atoms with E-state index in [0.29, 0.717) is 5.56 Å². The second-order valence-electron chi connectivity index (χ2n) is 5.13. The standard InChI is InChI=1S/C16H17N3O5S2/c1-12(21)25-10-16(22)13-2-4-15(5-3-13)26(23,24)19(6-7-20)14-8-17-11-18-9-14/h2-5,8-9,11,20H,6-7,10H2,1H3. The molecule has 0 unspecified atom stereocenters. The summed E-state index contributed by atoms with van der Waals surface area (Å²) in [4.78, 5) is 30.5. The minimum atomic E-state index is -3.96. The third kappa shape index (κ3) is 4.87. The van der Waals surface area contributed by atoms with E-state index in [1.165, 1.54) is 49.9 Å². The summed E-state index contributed by atoms with van der Waals surface area (Å²) in [5, 5.41) is 9.04. The predicted molar refractivity (Wildman–Crippen MR) is 97.6 cm³/mol. The molecule has 0 saturated carbocycles. The lowest BCUT2D eigenvalue weighted by molar-refractivity contribution is -0.109. The van der Waals surface area contributed by atoms with E-state index < -0.39 is 10.0 Å². The van der Waals surface area contributed by atoms with Crippen LogP contribution in [0.2, 0.25) is 0 Å². The highest BCUT2D eigenvalue weighted by molar-refractivity contribution is 8.14. The molecule has 26 heavy (non-hydrogen) atoms. The van der Waals surface area contributed by atoms with E-state index in [2.05, 4.69) is 9.97 Å². The molecule has 2 aromatic rings. The summed E-state index contributed by atoms with van der Waals surface area (Å²) in [6.45, 7) is 0.829. The summed E-state index contributed by atoms with van der Waals surface area (Å²) in [6.07, 6.45) is 3.93. The fourth-order valence-electron chi connectivity index (χ4n) is 2.09. The van der Waals surface area contributed by atoms with E-state index >= 15 is 0 Å². The highest BCUT2D eigenvalue weighted by Crippen LogP contribution is 2.22. The predicted octanol–water partition coefficient (Wildman–Crippen LogP) is 1.13. The molecule has 2 rings (SSSR count). The zero-order valence-electron chi connectivity index (χ0n) is 13.9. The first-order valence-electron chi connectivity index (χ1n) is 7.51. The molecular formula is C16H17N3O5S2. The van der Waals surface area contributed by atoms with Gasteiger partial charge in [0.1, 0.15) is 6.33 Å². The van der Waals surface area contributed by atoms with Crippen molar-refractivity contribution in [1.29, 1.82) is 0 Å². The molecule has 1 N–H and O–H groups in total. The lowest BCUT2D eigenvalue weighted by Gasteiger charge is -2.22. The number of carbonyl (C=O) groups is 2. The number of aliphatic hydroxyl groups is 1. The Labute approximate surface area is 155 Å². The number of carbonyl (C=O) groups excluding carboxylic acids is 2. The Bertz CT molecular complexity index is 871. The Morgan fingerprint density at radius 1 is 1.15 bits per heavy atom. The number of sulfonamides is 1. The van der Waals surface area contributed by atoms with Crippen LogP contribution in [0.5, 0.6) is 0 Å². The van der Waals surface area contributed by atoms with Gasteiger partial charge in [0.25, 0.3) is 10.0 Å². The van der Waals surface area contributed by atoms with Crippen molar-refractivity contribution < 1.29 is 23.1 Å². The molecule has 1 aromatic heterocycles. The molecule has 0 amide bonds. The van der Waals surface area contributed by atoms with Crippen molar-refractivity contribution in [2.75, 3.05) is 23.2 Å². The van der Waals surface area contributed by atoms with Crippen LogP contribution in [0.25, 0.3) is 0 Å². The first kappa shape index (κ1) is 20.0. The van der Waals surface area contributed by atoms with Crippen LogP contribution in [0, 0.1) is 0 Å². The average molecular weight is 395 g/mol. The molecule has 1 heterocycles. The third-order valence-electron chi connectivity index (χ3n) is 3.31. The Balaban J connectivity index is 2.27. The lowest BCUT2D eigenvalue weighted by Crippen LogP contribution is -2.33. The second-order valence-corrected chi connectivity index (χ2v) is 8.14. The fourth-order valence-corrected chi connectivity index (χ4v) is 4.02. The molecule has 8 nitrogen and oxygen atoms in total. The first-order valence-corrected chi connectivity index (χ1v) is 9.94. The van der Waals surface area contributed by atoms with Crippen LogP contribution in [0.15, 0.2) is 47.9 Å². The van der Waals surface area contributed by atoms with Crippen LogP contribution in [0.4, 0.5) is 5.69 Å². The van der Waals surface area contributed by atoms with Gasteiger partial charge in [-0.2, -0.15) is 0 Å². The number of hydrogen-bond acceptors (Lipinski definition) is 8. The molecule has 0 spiro atoms. The number of aromatic nitrogens is 2. The van der Waals surface area contributed by atoms with Gasteiger partial charge in [-0.25, -0.2) is 18.4 Å². The number of hydrogen-bond donors (Lipinski definition) is 1. The molecule has 0 atom stereocenters. The molecule has 10 heteroatoms. The largest absolute Gasteiger partial charge is 0.394 e. The van der Waals surface area contributed by atoms with Gasteiger partial charge in [0.2, 0.25) is 0 Å². The van der Waals surface area contributed by atoms with Gasteiger partial charge >= 0.3 is 0 Å². The Kier molecular flexibility index (Phi) is 6.83. The monoisotopic (exact) mass is 395 g/mol. The molecule has 0 aliphatic heterocycles. The van der Waals surface area contributed by atoms with Crippen LogP contribution >= 0.6 is 11.8 Å². The van der Waals surface area contributed by atoms with Gasteiger partial charge in [-0.05, 0) is 12.1 Å². The van der Waals surface area contributed by atoms with Crippen LogP contribution in [0.3, 0.4) is 0 Å². The van der Waals surface area contributed by atoms with Crippen molar-refractivity contribution in [2.45, 2.75) is 11.8 Å². The third-order valence-corrected chi connectivity index (χ3v) is 5.96. The molecular weight excluding hydrogens is 378 g/mol. The Hall–Kier alpha value is -2.30. The maximum atomic E-state index is 12.8. The number of thioether (sulfide) groups is 1. The van der Waals surface area contributed by atoms with Gasteiger partial charge in [-0.3, -0.25) is 13.9 Å². The van der Waals surface area contributed by atoms with Crippen LogP contribution in [-0.2, 0) is 14.8 Å². The smallest absolute Gasteiger partial charge is 0.264 e. The molecule has 0 radical (unpaired) electrons. The highest BCUT2D eigenvalue weighted by Gasteiger charge is 2.25. The van der Waals surface area contributed by atoms with Gasteiger partial charge in [0, 0.05) is 12.5 Å². The summed E-state index contributed by atoms with van der Waals surface area (Å²) in [5.74, 6) is -0.266. The van der Waals surface area contributed by atoms with Crippen LogP contribution in [0.1, 0.15) is 17.3 Å². The fraction of sp³-hybridized carbons (Fsp3) is 0.250. The summed E-state index contributed by atoms with van der Waals surface area (Å²) >= 11 is 0.896. The topological polar surface area (TPSA) is 118 Å². The first-order chi connectivity index (χ1) is 12.4. The van der Waals surface area contributed by atoms with Crippen molar-refractivity contribution in [3.63, 3.8) is 0 Å². The summed E-state index contributed by atoms with van der Waals surface area (Å²) in [7, 11) is -3.96. The Morgan fingerprint density at radius 3 is 2.31 bits per heavy atom. The quantitative estimate of drug-likeness (QED) is 0.661. The summed E-state index contributed by atoms with van der Waals surface area (Å²) in [5.41, 5.74) is 0.536. The number of rotatable bonds is 8. The van der Waals surface area contributed by atoms with E-state index in [9.17, 15) is 23.1 Å². The van der Waals surface area contributed by atoms with E-state index in [1.807, 2.05) is 0 Å². The number of aliphatic hydroxyl groups excluding tert-OH is 1. The van der Waals surface area contributed by atoms with Gasteiger partial charge < -0.3 is 5.11 Å². The van der Waals surface area contributed by atoms with E-state index in [4.69, 9.17) is 0 Å². The minimum Gasteiger partial charge on any atom is -0.394 e. The summed E-state index contributed by atoms with van der Waals surface area (Å²) in [6, 6.07) is 5.42. The molecule has 138 valence electrons. The average Bonchev–Trinajstić information content (AvgIpc) is 2.64. The maximum absolute atomic E-state index is 12.8. The molecule has 0 fully saturated rings. The van der Waals surface area contributed by atoms with Crippen molar-refractivity contribution >= 4 is 38.4 Å². The van der Waals surface area contributed by atoms with Crippen LogP contribution in [-0.4, -0.2) is 53.3 Å². The molecule has 0 saturated heterocycles. The molecule has 0 aliphatic carbocycles.